The third-order valence-corrected chi connectivity index (χ3v) is 4.18. The molecule has 0 heterocycles. The lowest BCUT2D eigenvalue weighted by molar-refractivity contribution is 0.219. The van der Waals surface area contributed by atoms with Crippen molar-refractivity contribution in [1.82, 2.24) is 0 Å². The minimum absolute atomic E-state index is 0.458. The summed E-state index contributed by atoms with van der Waals surface area (Å²) in [5, 5.41) is 11.5. The van der Waals surface area contributed by atoms with Crippen molar-refractivity contribution in [2.75, 3.05) is 0 Å². The van der Waals surface area contributed by atoms with Gasteiger partial charge in [-0.05, 0) is 60.7 Å². The highest BCUT2D eigenvalue weighted by Crippen LogP contribution is 2.31. The summed E-state index contributed by atoms with van der Waals surface area (Å²) in [7, 11) is 0. The zero-order chi connectivity index (χ0) is 14.2. The van der Waals surface area contributed by atoms with Crippen LogP contribution in [0.5, 0.6) is 0 Å². The van der Waals surface area contributed by atoms with E-state index in [1.807, 2.05) is 19.9 Å². The SMILES string of the molecule is Cc1cc(C)c(C(O)c2ccc(Cl)c(Cl)c2)cc1C. The molecule has 0 aliphatic heterocycles. The molecule has 0 bridgehead atoms. The molecule has 0 aromatic heterocycles. The highest BCUT2D eigenvalue weighted by atomic mass is 35.5. The maximum Gasteiger partial charge on any atom is 0.104 e. The van der Waals surface area contributed by atoms with Gasteiger partial charge in [-0.1, -0.05) is 41.4 Å². The first-order valence-electron chi connectivity index (χ1n) is 6.11. The molecular formula is C16H16Cl2O. The van der Waals surface area contributed by atoms with E-state index in [0.717, 1.165) is 16.7 Å². The molecule has 0 aliphatic carbocycles. The molecular weight excluding hydrogens is 279 g/mol. The Morgan fingerprint density at radius 1 is 0.842 bits per heavy atom. The smallest absolute Gasteiger partial charge is 0.104 e. The highest BCUT2D eigenvalue weighted by molar-refractivity contribution is 6.42. The molecule has 0 spiro atoms. The lowest BCUT2D eigenvalue weighted by Gasteiger charge is -2.17. The van der Waals surface area contributed by atoms with E-state index in [-0.39, 0.29) is 0 Å². The van der Waals surface area contributed by atoms with Crippen LogP contribution in [0.1, 0.15) is 33.9 Å². The largest absolute Gasteiger partial charge is 0.384 e. The number of hydrogen-bond acceptors (Lipinski definition) is 1. The molecule has 0 radical (unpaired) electrons. The molecule has 2 aromatic carbocycles. The summed E-state index contributed by atoms with van der Waals surface area (Å²) in [6.45, 7) is 6.11. The first-order chi connectivity index (χ1) is 8.90. The molecule has 0 saturated carbocycles. The first kappa shape index (κ1) is 14.4. The fourth-order valence-electron chi connectivity index (χ4n) is 2.14. The van der Waals surface area contributed by atoms with Crippen LogP contribution < -0.4 is 0 Å². The van der Waals surface area contributed by atoms with E-state index in [2.05, 4.69) is 13.0 Å². The van der Waals surface area contributed by atoms with Crippen molar-refractivity contribution in [3.8, 4) is 0 Å². The fourth-order valence-corrected chi connectivity index (χ4v) is 2.45. The molecule has 3 heteroatoms. The van der Waals surface area contributed by atoms with E-state index in [1.54, 1.807) is 18.2 Å². The second-order valence-electron chi connectivity index (χ2n) is 4.87. The van der Waals surface area contributed by atoms with Gasteiger partial charge in [0, 0.05) is 0 Å². The van der Waals surface area contributed by atoms with E-state index < -0.39 is 6.10 Å². The number of halogens is 2. The van der Waals surface area contributed by atoms with Crippen LogP contribution in [0.25, 0.3) is 0 Å². The summed E-state index contributed by atoms with van der Waals surface area (Å²) in [6, 6.07) is 9.33. The molecule has 100 valence electrons. The summed E-state index contributed by atoms with van der Waals surface area (Å²) in [5.41, 5.74) is 5.12. The van der Waals surface area contributed by atoms with Gasteiger partial charge < -0.3 is 5.11 Å². The fraction of sp³-hybridized carbons (Fsp3) is 0.250. The predicted octanol–water partition coefficient (Wildman–Crippen LogP) is 5.00. The summed E-state index contributed by atoms with van der Waals surface area (Å²) in [4.78, 5) is 0. The second-order valence-corrected chi connectivity index (χ2v) is 5.68. The lowest BCUT2D eigenvalue weighted by atomic mass is 9.93. The Balaban J connectivity index is 2.46. The Morgan fingerprint density at radius 2 is 1.47 bits per heavy atom. The molecule has 0 saturated heterocycles. The summed E-state index contributed by atoms with van der Waals surface area (Å²) in [5.74, 6) is 0. The summed E-state index contributed by atoms with van der Waals surface area (Å²) in [6.07, 6.45) is -0.686. The Hall–Kier alpha value is -1.02. The molecule has 1 N–H and O–H groups in total. The number of hydrogen-bond donors (Lipinski definition) is 1. The topological polar surface area (TPSA) is 20.2 Å². The van der Waals surface area contributed by atoms with Crippen LogP contribution in [-0.4, -0.2) is 5.11 Å². The highest BCUT2D eigenvalue weighted by Gasteiger charge is 2.15. The molecule has 0 amide bonds. The van der Waals surface area contributed by atoms with Crippen molar-refractivity contribution in [3.05, 3.63) is 68.2 Å². The van der Waals surface area contributed by atoms with Gasteiger partial charge in [-0.2, -0.15) is 0 Å². The van der Waals surface area contributed by atoms with Gasteiger partial charge in [-0.25, -0.2) is 0 Å². The number of benzene rings is 2. The zero-order valence-corrected chi connectivity index (χ0v) is 12.7. The van der Waals surface area contributed by atoms with Gasteiger partial charge in [0.1, 0.15) is 6.10 Å². The summed E-state index contributed by atoms with van der Waals surface area (Å²) < 4.78 is 0. The van der Waals surface area contributed by atoms with Crippen molar-refractivity contribution in [2.45, 2.75) is 26.9 Å². The van der Waals surface area contributed by atoms with Crippen molar-refractivity contribution in [2.24, 2.45) is 0 Å². The second kappa shape index (κ2) is 5.54. The zero-order valence-electron chi connectivity index (χ0n) is 11.2. The minimum Gasteiger partial charge on any atom is -0.384 e. The van der Waals surface area contributed by atoms with Crippen molar-refractivity contribution in [1.29, 1.82) is 0 Å². The molecule has 1 nitrogen and oxygen atoms in total. The van der Waals surface area contributed by atoms with Crippen LogP contribution in [0.15, 0.2) is 30.3 Å². The van der Waals surface area contributed by atoms with Gasteiger partial charge in [-0.15, -0.1) is 0 Å². The predicted molar refractivity (Wildman–Crippen MR) is 81.2 cm³/mol. The molecule has 2 aromatic rings. The Kier molecular flexibility index (Phi) is 4.19. The monoisotopic (exact) mass is 294 g/mol. The van der Waals surface area contributed by atoms with Crippen LogP contribution >= 0.6 is 23.2 Å². The third kappa shape index (κ3) is 2.94. The van der Waals surface area contributed by atoms with Crippen LogP contribution in [0, 0.1) is 20.8 Å². The maximum absolute atomic E-state index is 10.5. The van der Waals surface area contributed by atoms with E-state index >= 15 is 0 Å². The molecule has 0 fully saturated rings. The molecule has 1 unspecified atom stereocenters. The Morgan fingerprint density at radius 3 is 2.11 bits per heavy atom. The number of aliphatic hydroxyl groups is 1. The van der Waals surface area contributed by atoms with Crippen molar-refractivity contribution in [3.63, 3.8) is 0 Å². The van der Waals surface area contributed by atoms with Gasteiger partial charge in [0.25, 0.3) is 0 Å². The van der Waals surface area contributed by atoms with E-state index in [9.17, 15) is 5.11 Å². The summed E-state index contributed by atoms with van der Waals surface area (Å²) >= 11 is 11.9. The Labute approximate surface area is 123 Å². The quantitative estimate of drug-likeness (QED) is 0.826. The van der Waals surface area contributed by atoms with Gasteiger partial charge in [-0.3, -0.25) is 0 Å². The standard InChI is InChI=1S/C16H16Cl2O/c1-9-6-11(3)13(7-10(9)2)16(19)12-4-5-14(17)15(18)8-12/h4-8,16,19H,1-3H3. The van der Waals surface area contributed by atoms with Gasteiger partial charge in [0.05, 0.1) is 10.0 Å². The van der Waals surface area contributed by atoms with Gasteiger partial charge in [0.2, 0.25) is 0 Å². The first-order valence-corrected chi connectivity index (χ1v) is 6.86. The average molecular weight is 295 g/mol. The average Bonchev–Trinajstić information content (AvgIpc) is 2.36. The van der Waals surface area contributed by atoms with E-state index in [4.69, 9.17) is 23.2 Å². The number of aryl methyl sites for hydroxylation is 3. The van der Waals surface area contributed by atoms with Crippen LogP contribution in [0.3, 0.4) is 0 Å². The Bertz CT molecular complexity index is 620. The normalized spacial score (nSPS) is 12.5. The van der Waals surface area contributed by atoms with Crippen LogP contribution in [-0.2, 0) is 0 Å². The third-order valence-electron chi connectivity index (χ3n) is 3.44. The molecule has 19 heavy (non-hydrogen) atoms. The van der Waals surface area contributed by atoms with Gasteiger partial charge >= 0.3 is 0 Å². The molecule has 1 atom stereocenters. The lowest BCUT2D eigenvalue weighted by Crippen LogP contribution is -2.03. The molecule has 0 aliphatic rings. The van der Waals surface area contributed by atoms with E-state index in [0.29, 0.717) is 10.0 Å². The van der Waals surface area contributed by atoms with Crippen LogP contribution in [0.4, 0.5) is 0 Å². The number of rotatable bonds is 2. The van der Waals surface area contributed by atoms with Crippen molar-refractivity contribution >= 4 is 23.2 Å². The van der Waals surface area contributed by atoms with Crippen molar-refractivity contribution < 1.29 is 5.11 Å². The van der Waals surface area contributed by atoms with Gasteiger partial charge in [0.15, 0.2) is 0 Å². The maximum atomic E-state index is 10.5. The number of aliphatic hydroxyl groups excluding tert-OH is 1. The minimum atomic E-state index is -0.686. The van der Waals surface area contributed by atoms with Crippen LogP contribution in [0.2, 0.25) is 10.0 Å². The van der Waals surface area contributed by atoms with E-state index in [1.165, 1.54) is 11.1 Å². The molecule has 2 rings (SSSR count).